The predicted octanol–water partition coefficient (Wildman–Crippen LogP) is 4.61. The number of nitrogens with zero attached hydrogens (tertiary/aromatic N) is 2. The molecule has 0 aliphatic carbocycles. The average molecular weight is 346 g/mol. The lowest BCUT2D eigenvalue weighted by atomic mass is 10.1. The third-order valence-corrected chi connectivity index (χ3v) is 3.81. The van der Waals surface area contributed by atoms with E-state index in [1.54, 1.807) is 24.6 Å². The highest BCUT2D eigenvalue weighted by Gasteiger charge is 1.99. The van der Waals surface area contributed by atoms with Gasteiger partial charge in [0.15, 0.2) is 11.5 Å². The van der Waals surface area contributed by atoms with Crippen molar-refractivity contribution in [2.24, 2.45) is 9.98 Å². The van der Waals surface area contributed by atoms with Crippen LogP contribution < -0.4 is 0 Å². The fourth-order valence-electron chi connectivity index (χ4n) is 2.25. The maximum atomic E-state index is 9.71. The first-order chi connectivity index (χ1) is 12.5. The lowest BCUT2D eigenvalue weighted by Gasteiger charge is -2.00. The highest BCUT2D eigenvalue weighted by Crippen LogP contribution is 2.25. The molecule has 0 aliphatic heterocycles. The van der Waals surface area contributed by atoms with Gasteiger partial charge in [0.05, 0.1) is 11.4 Å². The Kier molecular flexibility index (Phi) is 4.99. The molecule has 130 valence electrons. The van der Waals surface area contributed by atoms with Gasteiger partial charge in [0.1, 0.15) is 5.75 Å². The van der Waals surface area contributed by atoms with Gasteiger partial charge in [-0.1, -0.05) is 12.1 Å². The number of hydrogen-bond acceptors (Lipinski definition) is 5. The van der Waals surface area contributed by atoms with E-state index in [0.717, 1.165) is 22.5 Å². The van der Waals surface area contributed by atoms with Crippen LogP contribution in [0.5, 0.6) is 17.2 Å². The van der Waals surface area contributed by atoms with Crippen LogP contribution in [-0.2, 0) is 0 Å². The van der Waals surface area contributed by atoms with Gasteiger partial charge in [-0.3, -0.25) is 9.98 Å². The van der Waals surface area contributed by atoms with E-state index in [9.17, 15) is 15.3 Å². The summed E-state index contributed by atoms with van der Waals surface area (Å²) in [6.45, 7) is 1.84. The molecule has 0 fully saturated rings. The standard InChI is InChI=1S/C21H18N2O3/c1-14-2-3-15(10-20(14)25)12-22-17-5-7-18(8-6-17)23-13-16-4-9-19(24)21(26)11-16/h2-13,24-26H,1H3/b22-12+,23-13+. The Hall–Kier alpha value is -3.60. The summed E-state index contributed by atoms with van der Waals surface area (Å²) in [7, 11) is 0. The second-order valence-corrected chi connectivity index (χ2v) is 5.83. The summed E-state index contributed by atoms with van der Waals surface area (Å²) < 4.78 is 0. The first-order valence-corrected chi connectivity index (χ1v) is 8.01. The number of hydrogen-bond donors (Lipinski definition) is 3. The molecule has 3 aromatic carbocycles. The second kappa shape index (κ2) is 7.53. The van der Waals surface area contributed by atoms with Crippen LogP contribution in [0, 0.1) is 6.92 Å². The maximum Gasteiger partial charge on any atom is 0.158 e. The van der Waals surface area contributed by atoms with Gasteiger partial charge in [0.2, 0.25) is 0 Å². The number of phenols is 3. The van der Waals surface area contributed by atoms with Crippen molar-refractivity contribution in [3.8, 4) is 17.2 Å². The molecular formula is C21H18N2O3. The van der Waals surface area contributed by atoms with Gasteiger partial charge >= 0.3 is 0 Å². The number of phenolic OH excluding ortho intramolecular Hbond substituents is 3. The van der Waals surface area contributed by atoms with Gasteiger partial charge in [-0.05, 0) is 72.1 Å². The fraction of sp³-hybridized carbons (Fsp3) is 0.0476. The zero-order chi connectivity index (χ0) is 18.5. The van der Waals surface area contributed by atoms with E-state index in [0.29, 0.717) is 5.56 Å². The molecule has 0 unspecified atom stereocenters. The topological polar surface area (TPSA) is 85.4 Å². The van der Waals surface area contributed by atoms with Crippen molar-refractivity contribution in [1.82, 2.24) is 0 Å². The minimum atomic E-state index is -0.180. The number of rotatable bonds is 4. The molecule has 0 atom stereocenters. The van der Waals surface area contributed by atoms with Crippen molar-refractivity contribution in [1.29, 1.82) is 0 Å². The summed E-state index contributed by atoms with van der Waals surface area (Å²) in [4.78, 5) is 8.70. The third kappa shape index (κ3) is 4.27. The number of aryl methyl sites for hydroxylation is 1. The van der Waals surface area contributed by atoms with Crippen molar-refractivity contribution in [3.63, 3.8) is 0 Å². The monoisotopic (exact) mass is 346 g/mol. The lowest BCUT2D eigenvalue weighted by molar-refractivity contribution is 0.403. The Morgan fingerprint density at radius 3 is 1.62 bits per heavy atom. The smallest absolute Gasteiger partial charge is 0.158 e. The van der Waals surface area contributed by atoms with Crippen LogP contribution in [0.4, 0.5) is 11.4 Å². The summed E-state index contributed by atoms with van der Waals surface area (Å²) in [6.07, 6.45) is 3.29. The van der Waals surface area contributed by atoms with Gasteiger partial charge in [0, 0.05) is 12.4 Å². The van der Waals surface area contributed by atoms with E-state index >= 15 is 0 Å². The second-order valence-electron chi connectivity index (χ2n) is 5.83. The van der Waals surface area contributed by atoms with Crippen LogP contribution in [-0.4, -0.2) is 27.7 Å². The maximum absolute atomic E-state index is 9.71. The molecule has 5 heteroatoms. The molecule has 0 bridgehead atoms. The zero-order valence-corrected chi connectivity index (χ0v) is 14.2. The summed E-state index contributed by atoms with van der Waals surface area (Å²) in [5.74, 6) is -0.0917. The van der Waals surface area contributed by atoms with E-state index in [-0.39, 0.29) is 17.2 Å². The molecule has 3 N–H and O–H groups in total. The normalized spacial score (nSPS) is 11.4. The Balaban J connectivity index is 1.69. The van der Waals surface area contributed by atoms with Crippen molar-refractivity contribution in [2.45, 2.75) is 6.92 Å². The molecule has 0 saturated heterocycles. The molecular weight excluding hydrogens is 328 g/mol. The van der Waals surface area contributed by atoms with E-state index in [1.165, 1.54) is 12.1 Å². The molecule has 0 saturated carbocycles. The Morgan fingerprint density at radius 2 is 1.12 bits per heavy atom. The van der Waals surface area contributed by atoms with Crippen molar-refractivity contribution < 1.29 is 15.3 Å². The van der Waals surface area contributed by atoms with E-state index in [4.69, 9.17) is 0 Å². The summed E-state index contributed by atoms with van der Waals surface area (Å²) in [6, 6.07) is 17.3. The summed E-state index contributed by atoms with van der Waals surface area (Å²) in [5.41, 5.74) is 3.84. The van der Waals surface area contributed by atoms with Crippen molar-refractivity contribution in [3.05, 3.63) is 77.4 Å². The van der Waals surface area contributed by atoms with Crippen molar-refractivity contribution in [2.75, 3.05) is 0 Å². The van der Waals surface area contributed by atoms with E-state index < -0.39 is 0 Å². The Labute approximate surface area is 151 Å². The largest absolute Gasteiger partial charge is 0.508 e. The molecule has 3 aromatic rings. The summed E-state index contributed by atoms with van der Waals surface area (Å²) >= 11 is 0. The van der Waals surface area contributed by atoms with Gasteiger partial charge in [-0.25, -0.2) is 0 Å². The van der Waals surface area contributed by atoms with Crippen molar-refractivity contribution >= 4 is 23.8 Å². The van der Waals surface area contributed by atoms with Gasteiger partial charge in [-0.15, -0.1) is 0 Å². The average Bonchev–Trinajstić information content (AvgIpc) is 2.64. The highest BCUT2D eigenvalue weighted by atomic mass is 16.3. The summed E-state index contributed by atoms with van der Waals surface area (Å²) in [5, 5.41) is 28.5. The minimum Gasteiger partial charge on any atom is -0.508 e. The molecule has 0 radical (unpaired) electrons. The molecule has 5 nitrogen and oxygen atoms in total. The Bertz CT molecular complexity index is 897. The molecule has 0 aromatic heterocycles. The number of aliphatic imine (C=N–C) groups is 2. The first-order valence-electron chi connectivity index (χ1n) is 8.01. The van der Waals surface area contributed by atoms with Crippen LogP contribution >= 0.6 is 0 Å². The minimum absolute atomic E-state index is 0.161. The highest BCUT2D eigenvalue weighted by molar-refractivity contribution is 5.84. The van der Waals surface area contributed by atoms with Crippen LogP contribution in [0.25, 0.3) is 0 Å². The predicted molar refractivity (Wildman–Crippen MR) is 104 cm³/mol. The molecule has 3 rings (SSSR count). The van der Waals surface area contributed by atoms with Crippen LogP contribution in [0.3, 0.4) is 0 Å². The molecule has 26 heavy (non-hydrogen) atoms. The SMILES string of the molecule is Cc1ccc(/C=N/c2ccc(/N=C/c3ccc(O)c(O)c3)cc2)cc1O. The number of benzene rings is 3. The van der Waals surface area contributed by atoms with Crippen LogP contribution in [0.15, 0.2) is 70.6 Å². The van der Waals surface area contributed by atoms with Gasteiger partial charge in [0.25, 0.3) is 0 Å². The number of aromatic hydroxyl groups is 3. The van der Waals surface area contributed by atoms with E-state index in [2.05, 4.69) is 9.98 Å². The van der Waals surface area contributed by atoms with Crippen LogP contribution in [0.2, 0.25) is 0 Å². The van der Waals surface area contributed by atoms with E-state index in [1.807, 2.05) is 43.3 Å². The quantitative estimate of drug-likeness (QED) is 0.476. The molecule has 0 amide bonds. The lowest BCUT2D eigenvalue weighted by Crippen LogP contribution is -1.82. The van der Waals surface area contributed by atoms with Gasteiger partial charge < -0.3 is 15.3 Å². The first kappa shape index (κ1) is 17.2. The van der Waals surface area contributed by atoms with Crippen LogP contribution in [0.1, 0.15) is 16.7 Å². The zero-order valence-electron chi connectivity index (χ0n) is 14.2. The third-order valence-electron chi connectivity index (χ3n) is 3.81. The molecule has 0 spiro atoms. The molecule has 0 heterocycles. The molecule has 0 aliphatic rings. The fourth-order valence-corrected chi connectivity index (χ4v) is 2.25. The van der Waals surface area contributed by atoms with Gasteiger partial charge in [-0.2, -0.15) is 0 Å². The Morgan fingerprint density at radius 1 is 0.615 bits per heavy atom.